The molecule has 0 saturated carbocycles. The van der Waals surface area contributed by atoms with Crippen molar-refractivity contribution in [2.24, 2.45) is 0 Å². The lowest BCUT2D eigenvalue weighted by molar-refractivity contribution is 0.0206. The SMILES string of the molecule is C=C(CN1CC2CCCCN2CC1C)[B-](F)(F)F. The van der Waals surface area contributed by atoms with Gasteiger partial charge in [-0.3, -0.25) is 9.80 Å². The first-order valence-electron chi connectivity index (χ1n) is 6.73. The predicted molar refractivity (Wildman–Crippen MR) is 68.5 cm³/mol. The first-order chi connectivity index (χ1) is 8.38. The van der Waals surface area contributed by atoms with Crippen LogP contribution in [0.2, 0.25) is 0 Å². The molecule has 0 aromatic heterocycles. The predicted octanol–water partition coefficient (Wildman–Crippen LogP) is 2.49. The van der Waals surface area contributed by atoms with Crippen molar-refractivity contribution in [3.05, 3.63) is 12.1 Å². The zero-order valence-electron chi connectivity index (χ0n) is 10.9. The number of fused-ring (bicyclic) bond motifs is 1. The fraction of sp³-hybridized carbons (Fsp3) is 0.833. The molecule has 0 radical (unpaired) electrons. The molecule has 2 rings (SSSR count). The fourth-order valence-electron chi connectivity index (χ4n) is 3.00. The summed E-state index contributed by atoms with van der Waals surface area (Å²) in [5, 5.41) is 0. The fourth-order valence-corrected chi connectivity index (χ4v) is 3.00. The van der Waals surface area contributed by atoms with Crippen LogP contribution >= 0.6 is 0 Å². The van der Waals surface area contributed by atoms with Crippen molar-refractivity contribution in [2.75, 3.05) is 26.2 Å². The molecule has 2 aliphatic heterocycles. The molecule has 2 nitrogen and oxygen atoms in total. The Morgan fingerprint density at radius 3 is 2.67 bits per heavy atom. The Labute approximate surface area is 107 Å². The zero-order valence-corrected chi connectivity index (χ0v) is 10.9. The van der Waals surface area contributed by atoms with E-state index < -0.39 is 12.4 Å². The maximum absolute atomic E-state index is 12.6. The molecule has 18 heavy (non-hydrogen) atoms. The lowest BCUT2D eigenvalue weighted by Crippen LogP contribution is -2.59. The number of hydrogen-bond donors (Lipinski definition) is 0. The number of halogens is 3. The van der Waals surface area contributed by atoms with Gasteiger partial charge in [-0.2, -0.15) is 0 Å². The third kappa shape index (κ3) is 3.09. The summed E-state index contributed by atoms with van der Waals surface area (Å²) in [5.41, 5.74) is -0.564. The second kappa shape index (κ2) is 5.25. The van der Waals surface area contributed by atoms with Crippen LogP contribution in [0.25, 0.3) is 0 Å². The van der Waals surface area contributed by atoms with Gasteiger partial charge in [0.05, 0.1) is 0 Å². The van der Waals surface area contributed by atoms with E-state index in [0.29, 0.717) is 6.04 Å². The van der Waals surface area contributed by atoms with Crippen LogP contribution in [0.5, 0.6) is 0 Å². The third-order valence-electron chi connectivity index (χ3n) is 4.19. The van der Waals surface area contributed by atoms with Crippen LogP contribution in [0.4, 0.5) is 12.9 Å². The highest BCUT2D eigenvalue weighted by Gasteiger charge is 2.35. The summed E-state index contributed by atoms with van der Waals surface area (Å²) < 4.78 is 37.8. The highest BCUT2D eigenvalue weighted by molar-refractivity contribution is 6.66. The minimum Gasteiger partial charge on any atom is -0.445 e. The Morgan fingerprint density at radius 1 is 1.28 bits per heavy atom. The van der Waals surface area contributed by atoms with E-state index in [2.05, 4.69) is 11.5 Å². The van der Waals surface area contributed by atoms with E-state index in [4.69, 9.17) is 0 Å². The van der Waals surface area contributed by atoms with Crippen molar-refractivity contribution >= 4 is 6.98 Å². The minimum absolute atomic E-state index is 0.0188. The smallest absolute Gasteiger partial charge is 0.445 e. The van der Waals surface area contributed by atoms with Gasteiger partial charge >= 0.3 is 6.98 Å². The molecule has 0 bridgehead atoms. The summed E-state index contributed by atoms with van der Waals surface area (Å²) in [7, 11) is 0. The summed E-state index contributed by atoms with van der Waals surface area (Å²) in [6.07, 6.45) is 3.54. The van der Waals surface area contributed by atoms with Gasteiger partial charge in [0.1, 0.15) is 0 Å². The molecule has 2 saturated heterocycles. The second-order valence-corrected chi connectivity index (χ2v) is 5.66. The Balaban J connectivity index is 1.95. The summed E-state index contributed by atoms with van der Waals surface area (Å²) >= 11 is 0. The van der Waals surface area contributed by atoms with Gasteiger partial charge in [0.2, 0.25) is 0 Å². The molecule has 0 aromatic rings. The van der Waals surface area contributed by atoms with Crippen LogP contribution in [0, 0.1) is 0 Å². The lowest BCUT2D eigenvalue weighted by Gasteiger charge is -2.48. The van der Waals surface area contributed by atoms with E-state index in [1.54, 1.807) is 0 Å². The molecule has 2 fully saturated rings. The molecular formula is C12H21BF3N2-. The van der Waals surface area contributed by atoms with Crippen LogP contribution in [0.15, 0.2) is 12.1 Å². The van der Waals surface area contributed by atoms with Crippen molar-refractivity contribution in [2.45, 2.75) is 38.3 Å². The average molecular weight is 261 g/mol. The van der Waals surface area contributed by atoms with E-state index in [1.165, 1.54) is 12.8 Å². The first kappa shape index (κ1) is 13.9. The summed E-state index contributed by atoms with van der Waals surface area (Å²) in [5.74, 6) is 0. The number of hydrogen-bond acceptors (Lipinski definition) is 2. The van der Waals surface area contributed by atoms with Crippen molar-refractivity contribution in [1.82, 2.24) is 9.80 Å². The Bertz CT molecular complexity index is 319. The number of piperidine rings is 1. The number of rotatable bonds is 3. The molecule has 0 amide bonds. The van der Waals surface area contributed by atoms with E-state index in [9.17, 15) is 12.9 Å². The van der Waals surface area contributed by atoms with Crippen molar-refractivity contribution in [3.63, 3.8) is 0 Å². The summed E-state index contributed by atoms with van der Waals surface area (Å²) in [6, 6.07) is 0.637. The minimum atomic E-state index is -4.89. The van der Waals surface area contributed by atoms with E-state index in [0.717, 1.165) is 26.1 Å². The normalized spacial score (nSPS) is 31.1. The van der Waals surface area contributed by atoms with Crippen LogP contribution in [-0.4, -0.2) is 55.0 Å². The highest BCUT2D eigenvalue weighted by atomic mass is 19.4. The lowest BCUT2D eigenvalue weighted by atomic mass is 9.79. The molecule has 0 aromatic carbocycles. The monoisotopic (exact) mass is 261 g/mol. The van der Waals surface area contributed by atoms with Crippen molar-refractivity contribution in [1.29, 1.82) is 0 Å². The Kier molecular flexibility index (Phi) is 4.07. The molecule has 2 unspecified atom stereocenters. The molecule has 2 heterocycles. The second-order valence-electron chi connectivity index (χ2n) is 5.66. The molecule has 104 valence electrons. The summed E-state index contributed by atoms with van der Waals surface area (Å²) in [6.45, 7) is 3.06. The molecular weight excluding hydrogens is 240 g/mol. The number of piperazine rings is 1. The van der Waals surface area contributed by atoms with Crippen LogP contribution in [0.1, 0.15) is 26.2 Å². The van der Waals surface area contributed by atoms with Crippen LogP contribution in [0.3, 0.4) is 0 Å². The van der Waals surface area contributed by atoms with Gasteiger partial charge in [-0.05, 0) is 32.9 Å². The van der Waals surface area contributed by atoms with Crippen LogP contribution < -0.4 is 0 Å². The largest absolute Gasteiger partial charge is 0.506 e. The molecule has 0 spiro atoms. The summed E-state index contributed by atoms with van der Waals surface area (Å²) in [4.78, 5) is 4.39. The molecule has 6 heteroatoms. The quantitative estimate of drug-likeness (QED) is 0.720. The third-order valence-corrected chi connectivity index (χ3v) is 4.19. The van der Waals surface area contributed by atoms with Crippen molar-refractivity contribution in [3.8, 4) is 0 Å². The van der Waals surface area contributed by atoms with E-state index in [-0.39, 0.29) is 12.6 Å². The van der Waals surface area contributed by atoms with Crippen molar-refractivity contribution < 1.29 is 12.9 Å². The van der Waals surface area contributed by atoms with E-state index in [1.807, 2.05) is 11.8 Å². The topological polar surface area (TPSA) is 6.48 Å². The van der Waals surface area contributed by atoms with Gasteiger partial charge in [0.25, 0.3) is 0 Å². The van der Waals surface area contributed by atoms with Gasteiger partial charge in [0.15, 0.2) is 0 Å². The average Bonchev–Trinajstić information content (AvgIpc) is 2.28. The maximum Gasteiger partial charge on any atom is 0.506 e. The number of nitrogens with zero attached hydrogens (tertiary/aromatic N) is 2. The Morgan fingerprint density at radius 2 is 2.00 bits per heavy atom. The zero-order chi connectivity index (χ0) is 13.3. The standard InChI is InChI=1S/C12H21BF3N2/c1-10(13(14,15)16)7-18-9-12-5-3-4-6-17(12)8-11(18)2/h11-12H,1,3-9H2,2H3/q-1. The molecule has 2 atom stereocenters. The van der Waals surface area contributed by atoms with Gasteiger partial charge in [-0.25, -0.2) is 0 Å². The van der Waals surface area contributed by atoms with Gasteiger partial charge in [-0.15, -0.1) is 12.1 Å². The van der Waals surface area contributed by atoms with Crippen LogP contribution in [-0.2, 0) is 0 Å². The molecule has 0 N–H and O–H groups in total. The maximum atomic E-state index is 12.6. The van der Waals surface area contributed by atoms with Gasteiger partial charge in [0, 0.05) is 25.2 Å². The first-order valence-corrected chi connectivity index (χ1v) is 6.73. The van der Waals surface area contributed by atoms with Gasteiger partial charge in [-0.1, -0.05) is 6.42 Å². The molecule has 2 aliphatic rings. The Hall–Kier alpha value is -0.485. The highest BCUT2D eigenvalue weighted by Crippen LogP contribution is 2.26. The van der Waals surface area contributed by atoms with E-state index >= 15 is 0 Å². The van der Waals surface area contributed by atoms with Gasteiger partial charge < -0.3 is 12.9 Å². The molecule has 0 aliphatic carbocycles.